The Morgan fingerprint density at radius 2 is 1.56 bits per heavy atom. The van der Waals surface area contributed by atoms with E-state index in [1.54, 1.807) is 42.5 Å². The summed E-state index contributed by atoms with van der Waals surface area (Å²) in [5, 5.41) is 13.6. The molecule has 9 heteroatoms. The van der Waals surface area contributed by atoms with Gasteiger partial charge in [0.05, 0.1) is 0 Å². The highest BCUT2D eigenvalue weighted by Crippen LogP contribution is 2.38. The Bertz CT molecular complexity index is 1230. The van der Waals surface area contributed by atoms with Crippen molar-refractivity contribution in [3.8, 4) is 11.5 Å². The van der Waals surface area contributed by atoms with Crippen LogP contribution in [0.15, 0.2) is 89.8 Å². The molecule has 1 atom stereocenters. The number of amides is 2. The smallest absolute Gasteiger partial charge is 0.328 e. The number of thioether (sulfide) groups is 1. The van der Waals surface area contributed by atoms with E-state index in [4.69, 9.17) is 14.6 Å². The number of nitrogens with one attached hydrogen (secondary N) is 2. The number of aliphatic carboxylic acids is 1. The fourth-order valence-electron chi connectivity index (χ4n) is 3.17. The van der Waals surface area contributed by atoms with E-state index >= 15 is 0 Å². The van der Waals surface area contributed by atoms with Crippen LogP contribution in [0.5, 0.6) is 11.5 Å². The van der Waals surface area contributed by atoms with Crippen LogP contribution in [0.1, 0.15) is 10.8 Å². The Hall–Kier alpha value is -4.24. The highest BCUT2D eigenvalue weighted by Gasteiger charge is 2.23. The van der Waals surface area contributed by atoms with Crippen LogP contribution < -0.4 is 20.1 Å². The predicted octanol–water partition coefficient (Wildman–Crippen LogP) is 4.47. The lowest BCUT2D eigenvalue weighted by atomic mass is 10.1. The minimum Gasteiger partial charge on any atom is -0.478 e. The number of hydrogen-bond acceptors (Lipinski definition) is 6. The van der Waals surface area contributed by atoms with Crippen LogP contribution in [0, 0.1) is 0 Å². The molecular formula is C25H20N2O6S. The van der Waals surface area contributed by atoms with Gasteiger partial charge in [0.1, 0.15) is 5.25 Å². The topological polar surface area (TPSA) is 114 Å². The van der Waals surface area contributed by atoms with Gasteiger partial charge in [-0.15, -0.1) is 11.8 Å². The number of ether oxygens (including phenoxy) is 2. The van der Waals surface area contributed by atoms with Gasteiger partial charge in [-0.2, -0.15) is 0 Å². The molecule has 0 aromatic heterocycles. The van der Waals surface area contributed by atoms with Crippen LogP contribution in [-0.2, 0) is 14.4 Å². The molecule has 0 fully saturated rings. The van der Waals surface area contributed by atoms with Gasteiger partial charge in [-0.3, -0.25) is 9.59 Å². The lowest BCUT2D eigenvalue weighted by Gasteiger charge is -2.17. The largest absolute Gasteiger partial charge is 0.478 e. The van der Waals surface area contributed by atoms with Gasteiger partial charge in [0.25, 0.3) is 0 Å². The summed E-state index contributed by atoms with van der Waals surface area (Å²) >= 11 is 1.36. The normalized spacial score (nSPS) is 12.8. The van der Waals surface area contributed by atoms with Crippen LogP contribution in [0.3, 0.4) is 0 Å². The summed E-state index contributed by atoms with van der Waals surface area (Å²) in [5.74, 6) is -0.734. The zero-order chi connectivity index (χ0) is 23.9. The van der Waals surface area contributed by atoms with Crippen molar-refractivity contribution in [3.63, 3.8) is 0 Å². The van der Waals surface area contributed by atoms with Crippen molar-refractivity contribution in [2.45, 2.75) is 10.1 Å². The van der Waals surface area contributed by atoms with Crippen molar-refractivity contribution < 1.29 is 29.0 Å². The number of benzene rings is 3. The van der Waals surface area contributed by atoms with Crippen molar-refractivity contribution >= 4 is 40.9 Å². The Morgan fingerprint density at radius 1 is 0.853 bits per heavy atom. The second-order valence-corrected chi connectivity index (χ2v) is 8.33. The van der Waals surface area contributed by atoms with Gasteiger partial charge in [0.2, 0.25) is 18.6 Å². The molecule has 1 heterocycles. The minimum absolute atomic E-state index is 0.154. The summed E-state index contributed by atoms with van der Waals surface area (Å²) in [6, 6.07) is 21.6. The van der Waals surface area contributed by atoms with E-state index in [1.165, 1.54) is 11.8 Å². The Labute approximate surface area is 199 Å². The van der Waals surface area contributed by atoms with Crippen molar-refractivity contribution in [3.05, 3.63) is 90.5 Å². The van der Waals surface area contributed by atoms with Crippen LogP contribution in [0.25, 0.3) is 0 Å². The Morgan fingerprint density at radius 3 is 2.29 bits per heavy atom. The average molecular weight is 477 g/mol. The number of anilines is 2. The molecule has 8 nitrogen and oxygen atoms in total. The summed E-state index contributed by atoms with van der Waals surface area (Å²) in [6.07, 6.45) is 1.71. The fraction of sp³-hybridized carbons (Fsp3) is 0.0800. The molecule has 3 aromatic rings. The van der Waals surface area contributed by atoms with Crippen molar-refractivity contribution in [2.24, 2.45) is 0 Å². The first-order valence-electron chi connectivity index (χ1n) is 10.2. The lowest BCUT2D eigenvalue weighted by Crippen LogP contribution is -2.19. The maximum atomic E-state index is 13.2. The van der Waals surface area contributed by atoms with Gasteiger partial charge >= 0.3 is 5.97 Å². The molecule has 1 aliphatic heterocycles. The Kier molecular flexibility index (Phi) is 7.14. The summed E-state index contributed by atoms with van der Waals surface area (Å²) in [4.78, 5) is 36.3. The number of hydrogen-bond donors (Lipinski definition) is 3. The second kappa shape index (κ2) is 10.6. The highest BCUT2D eigenvalue weighted by atomic mass is 32.2. The molecule has 3 N–H and O–H groups in total. The molecular weight excluding hydrogens is 456 g/mol. The molecule has 2 amide bonds. The van der Waals surface area contributed by atoms with Crippen molar-refractivity contribution in [1.82, 2.24) is 0 Å². The zero-order valence-electron chi connectivity index (χ0n) is 17.8. The molecule has 0 saturated carbocycles. The van der Waals surface area contributed by atoms with E-state index in [9.17, 15) is 14.4 Å². The molecule has 0 radical (unpaired) electrons. The third kappa shape index (κ3) is 5.96. The van der Waals surface area contributed by atoms with E-state index < -0.39 is 17.1 Å². The van der Waals surface area contributed by atoms with Gasteiger partial charge in [-0.25, -0.2) is 4.79 Å². The van der Waals surface area contributed by atoms with E-state index in [1.807, 2.05) is 30.3 Å². The lowest BCUT2D eigenvalue weighted by molar-refractivity contribution is -0.131. The molecule has 1 aliphatic rings. The second-order valence-electron chi connectivity index (χ2n) is 7.15. The number of carboxylic acid groups (broad SMARTS) is 1. The van der Waals surface area contributed by atoms with Gasteiger partial charge in [0.15, 0.2) is 11.5 Å². The molecule has 172 valence electrons. The molecule has 0 spiro atoms. The third-order valence-corrected chi connectivity index (χ3v) is 6.00. The molecule has 0 aliphatic carbocycles. The maximum Gasteiger partial charge on any atom is 0.328 e. The van der Waals surface area contributed by atoms with Crippen molar-refractivity contribution in [2.75, 3.05) is 17.4 Å². The van der Waals surface area contributed by atoms with Gasteiger partial charge < -0.3 is 25.2 Å². The molecule has 1 unspecified atom stereocenters. The van der Waals surface area contributed by atoms with Gasteiger partial charge in [-0.05, 0) is 42.0 Å². The number of carbonyl (C=O) groups excluding carboxylic acids is 2. The van der Waals surface area contributed by atoms with E-state index in [2.05, 4.69) is 10.6 Å². The maximum absolute atomic E-state index is 13.2. The summed E-state index contributed by atoms with van der Waals surface area (Å²) < 4.78 is 10.7. The number of carboxylic acids is 1. The highest BCUT2D eigenvalue weighted by molar-refractivity contribution is 8.00. The summed E-state index contributed by atoms with van der Waals surface area (Å²) in [6.45, 7) is 0.154. The van der Waals surface area contributed by atoms with Crippen molar-refractivity contribution in [1.29, 1.82) is 0 Å². The first kappa shape index (κ1) is 22.9. The standard InChI is InChI=1S/C25H20N2O6S/c28-22(12-13-23(29)30)26-17-6-9-19(10-7-17)34-24(16-4-2-1-3-5-16)25(31)27-18-8-11-20-21(14-18)33-15-32-20/h1-14,24H,15H2,(H,26,28)(H,27,31)(H,29,30)/b13-12+. The predicted molar refractivity (Wildman–Crippen MR) is 128 cm³/mol. The summed E-state index contributed by atoms with van der Waals surface area (Å²) in [7, 11) is 0. The first-order valence-corrected chi connectivity index (χ1v) is 11.1. The minimum atomic E-state index is -1.20. The first-order chi connectivity index (χ1) is 16.5. The van der Waals surface area contributed by atoms with E-state index in [0.29, 0.717) is 22.9 Å². The fourth-order valence-corrected chi connectivity index (χ4v) is 4.19. The summed E-state index contributed by atoms with van der Waals surface area (Å²) in [5.41, 5.74) is 1.94. The van der Waals surface area contributed by atoms with E-state index in [0.717, 1.165) is 22.6 Å². The quantitative estimate of drug-likeness (QED) is 0.325. The van der Waals surface area contributed by atoms with Crippen LogP contribution in [0.4, 0.5) is 11.4 Å². The molecule has 0 saturated heterocycles. The average Bonchev–Trinajstić information content (AvgIpc) is 3.31. The van der Waals surface area contributed by atoms with Gasteiger partial charge in [0, 0.05) is 34.5 Å². The SMILES string of the molecule is O=C(O)/C=C/C(=O)Nc1ccc(SC(C(=O)Nc2ccc3c(c2)OCO3)c2ccccc2)cc1. The zero-order valence-corrected chi connectivity index (χ0v) is 18.6. The number of carbonyl (C=O) groups is 3. The van der Waals surface area contributed by atoms with E-state index in [-0.39, 0.29) is 12.7 Å². The monoisotopic (exact) mass is 476 g/mol. The molecule has 0 bridgehead atoms. The van der Waals surface area contributed by atoms with Crippen LogP contribution in [-0.4, -0.2) is 29.7 Å². The Balaban J connectivity index is 1.48. The van der Waals surface area contributed by atoms with Crippen LogP contribution >= 0.6 is 11.8 Å². The number of rotatable bonds is 8. The van der Waals surface area contributed by atoms with Gasteiger partial charge in [-0.1, -0.05) is 30.3 Å². The molecule has 3 aromatic carbocycles. The number of fused-ring (bicyclic) bond motifs is 1. The third-order valence-electron chi connectivity index (χ3n) is 4.73. The molecule has 4 rings (SSSR count). The molecule has 34 heavy (non-hydrogen) atoms. The van der Waals surface area contributed by atoms with Crippen LogP contribution in [0.2, 0.25) is 0 Å².